The first kappa shape index (κ1) is 24.0. The van der Waals surface area contributed by atoms with Gasteiger partial charge in [0.15, 0.2) is 0 Å². The van der Waals surface area contributed by atoms with Crippen LogP contribution < -0.4 is 15.9 Å². The Bertz CT molecular complexity index is 860. The van der Waals surface area contributed by atoms with E-state index in [-0.39, 0.29) is 0 Å². The van der Waals surface area contributed by atoms with Crippen LogP contribution in [0.4, 0.5) is 17.6 Å². The molecule has 0 saturated heterocycles. The van der Waals surface area contributed by atoms with E-state index in [9.17, 15) is 17.6 Å². The fourth-order valence-corrected chi connectivity index (χ4v) is 8.50. The molecule has 0 heterocycles. The monoisotopic (exact) mass is 492 g/mol. The van der Waals surface area contributed by atoms with Crippen molar-refractivity contribution in [3.63, 3.8) is 0 Å². The normalized spacial score (nSPS) is 14.1. The summed E-state index contributed by atoms with van der Waals surface area (Å²) in [6.45, 7) is -2.56. The molecule has 0 aliphatic carbocycles. The molecule has 0 bridgehead atoms. The second kappa shape index (κ2) is 9.05. The van der Waals surface area contributed by atoms with E-state index in [1.165, 1.54) is 0 Å². The Morgan fingerprint density at radius 1 is 0.548 bits per heavy atom. The van der Waals surface area contributed by atoms with Gasteiger partial charge in [0.05, 0.1) is 0 Å². The quantitative estimate of drug-likeness (QED) is 0.206. The maximum absolute atomic E-state index is 13.9. The molecule has 0 aliphatic heterocycles. The van der Waals surface area contributed by atoms with Crippen molar-refractivity contribution in [1.29, 1.82) is 0 Å². The fourth-order valence-electron chi connectivity index (χ4n) is 3.42. The van der Waals surface area contributed by atoms with E-state index in [1.54, 1.807) is 91.0 Å². The number of benzene rings is 3. The van der Waals surface area contributed by atoms with Gasteiger partial charge in [-0.15, -0.1) is 0 Å². The van der Waals surface area contributed by atoms with Crippen molar-refractivity contribution in [2.24, 2.45) is 0 Å². The molecule has 3 rings (SSSR count). The van der Waals surface area contributed by atoms with Crippen LogP contribution in [0.1, 0.15) is 0 Å². The van der Waals surface area contributed by atoms with Crippen molar-refractivity contribution in [2.45, 2.75) is 10.8 Å². The number of halogens is 6. The molecular weight excluding hydrogens is 474 g/mol. The van der Waals surface area contributed by atoms with Gasteiger partial charge in [-0.25, -0.2) is 0 Å². The molecule has 0 spiro atoms. The number of rotatable bonds is 9. The van der Waals surface area contributed by atoms with Gasteiger partial charge in [-0.1, -0.05) is 0 Å². The SMILES string of the molecule is FC(F)(Cl)COP(OCC(F)(F)Cl)(c1ccccc1)(c1ccccc1)c1ccccc1. The van der Waals surface area contributed by atoms with Gasteiger partial charge in [-0.05, 0) is 0 Å². The Morgan fingerprint density at radius 3 is 1.03 bits per heavy atom. The van der Waals surface area contributed by atoms with Gasteiger partial charge in [0.2, 0.25) is 0 Å². The van der Waals surface area contributed by atoms with Crippen LogP contribution in [-0.2, 0) is 9.05 Å². The minimum atomic E-state index is -4.84. The van der Waals surface area contributed by atoms with Crippen molar-refractivity contribution < 1.29 is 26.6 Å². The fraction of sp³-hybridized carbons (Fsp3) is 0.182. The van der Waals surface area contributed by atoms with E-state index in [0.717, 1.165) is 0 Å². The first-order valence-electron chi connectivity index (χ1n) is 9.19. The zero-order valence-electron chi connectivity index (χ0n) is 16.1. The van der Waals surface area contributed by atoms with E-state index in [4.69, 9.17) is 32.2 Å². The summed E-state index contributed by atoms with van der Waals surface area (Å²) in [7, 11) is -4.84. The number of hydrogen-bond acceptors (Lipinski definition) is 2. The average molecular weight is 493 g/mol. The van der Waals surface area contributed by atoms with Crippen molar-refractivity contribution in [3.8, 4) is 0 Å². The second-order valence-electron chi connectivity index (χ2n) is 6.74. The van der Waals surface area contributed by atoms with Gasteiger partial charge >= 0.3 is 188 Å². The van der Waals surface area contributed by atoms with Crippen LogP contribution in [0.3, 0.4) is 0 Å². The van der Waals surface area contributed by atoms with Crippen molar-refractivity contribution in [1.82, 2.24) is 0 Å². The minimum absolute atomic E-state index is 0.313. The first-order valence-corrected chi connectivity index (χ1v) is 12.0. The molecule has 0 N–H and O–H groups in total. The van der Waals surface area contributed by atoms with Gasteiger partial charge in [0.25, 0.3) is 0 Å². The van der Waals surface area contributed by atoms with Crippen LogP contribution in [0, 0.1) is 0 Å². The molecule has 0 unspecified atom stereocenters. The van der Waals surface area contributed by atoms with Crippen LogP contribution in [0.2, 0.25) is 0 Å². The van der Waals surface area contributed by atoms with Crippen molar-refractivity contribution in [2.75, 3.05) is 13.2 Å². The summed E-state index contributed by atoms with van der Waals surface area (Å²) in [6.07, 6.45) is 0. The van der Waals surface area contributed by atoms with Crippen molar-refractivity contribution in [3.05, 3.63) is 91.0 Å². The van der Waals surface area contributed by atoms with Gasteiger partial charge in [0.1, 0.15) is 0 Å². The molecule has 0 aromatic heterocycles. The zero-order valence-corrected chi connectivity index (χ0v) is 18.5. The summed E-state index contributed by atoms with van der Waals surface area (Å²) in [4.78, 5) is 0. The summed E-state index contributed by atoms with van der Waals surface area (Å²) in [5, 5.41) is -6.60. The standard InChI is InChI=1S/C22H19Cl2F4O2P/c23-21(25,26)16-29-31(30-17-22(24,27)28,18-10-4-1-5-11-18,19-12-6-2-7-13-19)20-14-8-3-9-15-20/h1-15H,16-17H2. The molecule has 31 heavy (non-hydrogen) atoms. The summed E-state index contributed by atoms with van der Waals surface area (Å²) in [5.74, 6) is 0. The van der Waals surface area contributed by atoms with Crippen LogP contribution in [0.25, 0.3) is 0 Å². The van der Waals surface area contributed by atoms with E-state index in [0.29, 0.717) is 15.9 Å². The Balaban J connectivity index is 2.44. The van der Waals surface area contributed by atoms with E-state index < -0.39 is 31.0 Å². The van der Waals surface area contributed by atoms with Crippen molar-refractivity contribution >= 4 is 46.2 Å². The Labute approximate surface area is 187 Å². The number of hydrogen-bond donors (Lipinski definition) is 0. The Hall–Kier alpha value is -1.69. The van der Waals surface area contributed by atoms with E-state index >= 15 is 0 Å². The van der Waals surface area contributed by atoms with E-state index in [1.807, 2.05) is 0 Å². The molecule has 0 amide bonds. The molecule has 3 aromatic carbocycles. The molecule has 0 radical (unpaired) electrons. The van der Waals surface area contributed by atoms with Gasteiger partial charge in [0, 0.05) is 0 Å². The molecule has 166 valence electrons. The van der Waals surface area contributed by atoms with E-state index in [2.05, 4.69) is 0 Å². The average Bonchev–Trinajstić information content (AvgIpc) is 2.75. The molecule has 2 nitrogen and oxygen atoms in total. The Kier molecular flexibility index (Phi) is 6.99. The third-order valence-corrected chi connectivity index (χ3v) is 9.80. The number of alkyl halides is 6. The molecule has 0 atom stereocenters. The Morgan fingerprint density at radius 2 is 0.806 bits per heavy atom. The van der Waals surface area contributed by atoms with Gasteiger partial charge in [-0.3, -0.25) is 0 Å². The maximum atomic E-state index is 13.9. The summed E-state index contributed by atoms with van der Waals surface area (Å²) in [5.41, 5.74) is 0. The third-order valence-electron chi connectivity index (χ3n) is 4.62. The summed E-state index contributed by atoms with van der Waals surface area (Å²) in [6, 6.07) is 24.6. The predicted octanol–water partition coefficient (Wildman–Crippen LogP) is 6.04. The van der Waals surface area contributed by atoms with Crippen LogP contribution in [0.15, 0.2) is 91.0 Å². The molecule has 0 aliphatic rings. The molecule has 3 aromatic rings. The second-order valence-corrected chi connectivity index (χ2v) is 11.8. The molecule has 0 saturated carbocycles. The van der Waals surface area contributed by atoms with Crippen LogP contribution in [-0.4, -0.2) is 24.0 Å². The van der Waals surface area contributed by atoms with Gasteiger partial charge in [-0.2, -0.15) is 0 Å². The van der Waals surface area contributed by atoms with Gasteiger partial charge < -0.3 is 0 Å². The topological polar surface area (TPSA) is 18.5 Å². The zero-order chi connectivity index (χ0) is 22.6. The molecule has 9 heteroatoms. The molecular formula is C22H19Cl2F4O2P. The predicted molar refractivity (Wildman–Crippen MR) is 119 cm³/mol. The van der Waals surface area contributed by atoms with Crippen LogP contribution >= 0.6 is 30.3 Å². The first-order chi connectivity index (χ1) is 14.6. The molecule has 0 fully saturated rings. The summed E-state index contributed by atoms with van der Waals surface area (Å²) < 4.78 is 67.4. The summed E-state index contributed by atoms with van der Waals surface area (Å²) >= 11 is 10.4. The van der Waals surface area contributed by atoms with Crippen LogP contribution in [0.5, 0.6) is 0 Å². The third kappa shape index (κ3) is 5.05.